The normalized spacial score (nSPS) is 31.6. The van der Waals surface area contributed by atoms with Gasteiger partial charge in [-0.05, 0) is 80.0 Å². The molecule has 1 amide bonds. The third-order valence-electron chi connectivity index (χ3n) is 6.61. The number of amides is 1. The molecule has 0 aromatic heterocycles. The molecule has 0 spiro atoms. The van der Waals surface area contributed by atoms with Crippen LogP contribution in [0.1, 0.15) is 57.8 Å². The van der Waals surface area contributed by atoms with Gasteiger partial charge in [0.2, 0.25) is 5.91 Å². The molecule has 5 rings (SSSR count). The van der Waals surface area contributed by atoms with Crippen molar-refractivity contribution in [2.45, 2.75) is 69.9 Å². The van der Waals surface area contributed by atoms with Gasteiger partial charge in [0.25, 0.3) is 5.04 Å². The van der Waals surface area contributed by atoms with Gasteiger partial charge in [-0.15, -0.1) is 0 Å². The Bertz CT molecular complexity index is 769. The minimum Gasteiger partial charge on any atom is -0.459 e. The molecule has 1 atom stereocenters. The summed E-state index contributed by atoms with van der Waals surface area (Å²) in [5.41, 5.74) is 1.51. The Morgan fingerprint density at radius 3 is 2.86 bits per heavy atom. The molecule has 3 heterocycles. The first-order chi connectivity index (χ1) is 13.8. The van der Waals surface area contributed by atoms with Crippen molar-refractivity contribution < 1.29 is 9.53 Å². The average molecular weight is 402 g/mol. The topological polar surface area (TPSA) is 68.0 Å². The number of aliphatic imine (C=N–C) groups is 1. The summed E-state index contributed by atoms with van der Waals surface area (Å²) < 4.78 is 10.9. The number of carbonyl (C=O) groups excluding carboxylic acids is 1. The lowest BCUT2D eigenvalue weighted by Gasteiger charge is -2.30. The maximum Gasteiger partial charge on any atom is 0.382 e. The molecule has 0 bridgehead atoms. The van der Waals surface area contributed by atoms with Gasteiger partial charge in [-0.1, -0.05) is 0 Å². The standard InChI is InChI=1S/C21H29N4O2S/c26-18(25-10-1-2-11-25)12-22-14-6-8-15(9-7-14)27-20-19-16-4-3-5-17(16)28-21(19)24-13-23-20/h13-15,19,22H,1-12H2/q+1/t14-,15-,19?. The van der Waals surface area contributed by atoms with Gasteiger partial charge in [0.1, 0.15) is 6.10 Å². The van der Waals surface area contributed by atoms with Crippen molar-refractivity contribution in [3.05, 3.63) is 10.5 Å². The zero-order valence-corrected chi connectivity index (χ0v) is 17.2. The lowest BCUT2D eigenvalue weighted by molar-refractivity contribution is -0.129. The molecule has 5 aliphatic rings. The molecule has 1 saturated heterocycles. The fraction of sp³-hybridized carbons (Fsp3) is 0.714. The highest BCUT2D eigenvalue weighted by molar-refractivity contribution is 8.17. The predicted molar refractivity (Wildman–Crippen MR) is 114 cm³/mol. The van der Waals surface area contributed by atoms with Crippen LogP contribution in [0.3, 0.4) is 0 Å². The Kier molecular flexibility index (Phi) is 5.31. The van der Waals surface area contributed by atoms with Crippen LogP contribution in [0.5, 0.6) is 0 Å². The summed E-state index contributed by atoms with van der Waals surface area (Å²) in [7, 11) is 0. The predicted octanol–water partition coefficient (Wildman–Crippen LogP) is 2.23. The molecule has 0 radical (unpaired) electrons. The zero-order chi connectivity index (χ0) is 18.9. The molecule has 6 nitrogen and oxygen atoms in total. The zero-order valence-electron chi connectivity index (χ0n) is 16.4. The Morgan fingerprint density at radius 2 is 2.04 bits per heavy atom. The molecular formula is C21H29N4O2S+. The second-order valence-electron chi connectivity index (χ2n) is 8.45. The third kappa shape index (κ3) is 3.68. The first-order valence-electron chi connectivity index (χ1n) is 10.8. The Morgan fingerprint density at radius 1 is 1.21 bits per heavy atom. The number of nitrogens with one attached hydrogen (secondary N) is 1. The van der Waals surface area contributed by atoms with E-state index >= 15 is 0 Å². The number of fused-ring (bicyclic) bond motifs is 2. The lowest BCUT2D eigenvalue weighted by Crippen LogP contribution is -2.43. The fourth-order valence-corrected chi connectivity index (χ4v) is 6.34. The van der Waals surface area contributed by atoms with Crippen molar-refractivity contribution >= 4 is 34.9 Å². The van der Waals surface area contributed by atoms with Crippen LogP contribution in [0.15, 0.2) is 15.5 Å². The number of allylic oxidation sites excluding steroid dienone is 1. The van der Waals surface area contributed by atoms with E-state index in [0.29, 0.717) is 12.6 Å². The van der Waals surface area contributed by atoms with Crippen LogP contribution in [0.25, 0.3) is 0 Å². The number of carbonyl (C=O) groups is 1. The van der Waals surface area contributed by atoms with Crippen molar-refractivity contribution in [1.82, 2.24) is 14.9 Å². The molecule has 3 aliphatic heterocycles. The number of rotatable bonds is 4. The van der Waals surface area contributed by atoms with Crippen molar-refractivity contribution in [3.63, 3.8) is 0 Å². The number of hydrogen-bond acceptors (Lipinski definition) is 5. The molecule has 7 heteroatoms. The maximum atomic E-state index is 12.2. The van der Waals surface area contributed by atoms with Crippen LogP contribution in [-0.2, 0) is 9.53 Å². The summed E-state index contributed by atoms with van der Waals surface area (Å²) >= 11 is 1.84. The molecule has 28 heavy (non-hydrogen) atoms. The molecule has 150 valence electrons. The second kappa shape index (κ2) is 8.05. The van der Waals surface area contributed by atoms with Gasteiger partial charge in [0.05, 0.1) is 6.54 Å². The smallest absolute Gasteiger partial charge is 0.382 e. The molecule has 0 aromatic carbocycles. The van der Waals surface area contributed by atoms with Crippen LogP contribution in [0, 0.1) is 5.92 Å². The first-order valence-corrected chi connectivity index (χ1v) is 11.6. The Hall–Kier alpha value is -1.56. The number of nitrogens with zero attached hydrogens (tertiary/aromatic N) is 3. The summed E-state index contributed by atoms with van der Waals surface area (Å²) in [6, 6.07) is 0.426. The summed E-state index contributed by atoms with van der Waals surface area (Å²) in [6.45, 7) is 2.35. The van der Waals surface area contributed by atoms with E-state index in [4.69, 9.17) is 4.74 Å². The van der Waals surface area contributed by atoms with Crippen molar-refractivity contribution in [3.8, 4) is 0 Å². The van der Waals surface area contributed by atoms with Crippen molar-refractivity contribution in [1.29, 1.82) is 0 Å². The Balaban J connectivity index is 1.10. The molecule has 0 aromatic rings. The maximum absolute atomic E-state index is 12.2. The van der Waals surface area contributed by atoms with E-state index in [0.717, 1.165) is 69.0 Å². The molecule has 1 N–H and O–H groups in total. The van der Waals surface area contributed by atoms with Crippen LogP contribution >= 0.6 is 11.8 Å². The number of likely N-dealkylation sites (tertiary alicyclic amines) is 1. The van der Waals surface area contributed by atoms with Crippen LogP contribution < -0.4 is 9.98 Å². The van der Waals surface area contributed by atoms with Gasteiger partial charge in [-0.3, -0.25) is 4.79 Å². The van der Waals surface area contributed by atoms with Gasteiger partial charge >= 0.3 is 12.2 Å². The quantitative estimate of drug-likeness (QED) is 0.734. The second-order valence-corrected chi connectivity index (χ2v) is 9.56. The molecule has 1 unspecified atom stereocenters. The van der Waals surface area contributed by atoms with E-state index in [-0.39, 0.29) is 17.9 Å². The van der Waals surface area contributed by atoms with Crippen molar-refractivity contribution in [2.75, 3.05) is 19.6 Å². The Labute approximate surface area is 170 Å². The first kappa shape index (κ1) is 18.5. The molecule has 2 fully saturated rings. The highest BCUT2D eigenvalue weighted by Crippen LogP contribution is 2.47. The largest absolute Gasteiger partial charge is 0.459 e. The van der Waals surface area contributed by atoms with E-state index in [1.54, 1.807) is 6.34 Å². The van der Waals surface area contributed by atoms with Gasteiger partial charge in [0, 0.05) is 24.1 Å². The van der Waals surface area contributed by atoms with Crippen LogP contribution in [0.2, 0.25) is 0 Å². The van der Waals surface area contributed by atoms with Gasteiger partial charge in [-0.25, -0.2) is 4.67 Å². The van der Waals surface area contributed by atoms with Gasteiger partial charge < -0.3 is 15.0 Å². The van der Waals surface area contributed by atoms with Gasteiger partial charge in [0.15, 0.2) is 5.92 Å². The molecular weight excluding hydrogens is 372 g/mol. The summed E-state index contributed by atoms with van der Waals surface area (Å²) in [6.07, 6.45) is 12.0. The highest BCUT2D eigenvalue weighted by atomic mass is 32.2. The fourth-order valence-electron chi connectivity index (χ4n) is 5.03. The number of hydrogen-bond donors (Lipinski definition) is 1. The summed E-state index contributed by atoms with van der Waals surface area (Å²) in [4.78, 5) is 20.2. The van der Waals surface area contributed by atoms with E-state index in [1.807, 2.05) is 16.7 Å². The summed E-state index contributed by atoms with van der Waals surface area (Å²) in [5, 5.41) is 4.63. The molecule has 1 saturated carbocycles. The van der Waals surface area contributed by atoms with E-state index in [9.17, 15) is 4.79 Å². The summed E-state index contributed by atoms with van der Waals surface area (Å²) in [5.74, 6) is 1.32. The number of ether oxygens (including phenoxy) is 1. The number of thioether (sulfide) groups is 1. The average Bonchev–Trinajstić information content (AvgIpc) is 3.44. The van der Waals surface area contributed by atoms with Crippen LogP contribution in [0.4, 0.5) is 0 Å². The lowest BCUT2D eigenvalue weighted by atomic mass is 9.92. The van der Waals surface area contributed by atoms with Crippen molar-refractivity contribution in [2.24, 2.45) is 10.9 Å². The van der Waals surface area contributed by atoms with E-state index in [2.05, 4.69) is 15.0 Å². The SMILES string of the molecule is O=C(CN[C@H]1CC[C@H](OC2=NC=[N+]=C3SC4=C(CCC4)C23)CC1)N1CCCC1. The van der Waals surface area contributed by atoms with E-state index < -0.39 is 0 Å². The van der Waals surface area contributed by atoms with Crippen LogP contribution in [-0.4, -0.2) is 59.9 Å². The third-order valence-corrected chi connectivity index (χ3v) is 7.87. The monoisotopic (exact) mass is 401 g/mol. The minimum absolute atomic E-state index is 0.196. The van der Waals surface area contributed by atoms with Gasteiger partial charge in [-0.2, -0.15) is 0 Å². The minimum atomic E-state index is 0.196. The highest BCUT2D eigenvalue weighted by Gasteiger charge is 2.46. The molecule has 2 aliphatic carbocycles. The van der Waals surface area contributed by atoms with E-state index in [1.165, 1.54) is 23.3 Å².